The molecule has 0 spiro atoms. The number of aromatic nitrogens is 2. The lowest BCUT2D eigenvalue weighted by atomic mass is 10.2. The Morgan fingerprint density at radius 1 is 1.44 bits per heavy atom. The van der Waals surface area contributed by atoms with E-state index < -0.39 is 0 Å². The zero-order chi connectivity index (χ0) is 13.1. The van der Waals surface area contributed by atoms with E-state index in [-0.39, 0.29) is 0 Å². The minimum absolute atomic E-state index is 0.832. The summed E-state index contributed by atoms with van der Waals surface area (Å²) < 4.78 is 3.04. The van der Waals surface area contributed by atoms with Crippen LogP contribution >= 0.6 is 27.3 Å². The second-order valence-electron chi connectivity index (χ2n) is 4.30. The first-order valence-electron chi connectivity index (χ1n) is 6.07. The molecule has 0 saturated heterocycles. The van der Waals surface area contributed by atoms with Gasteiger partial charge in [0.25, 0.3) is 0 Å². The van der Waals surface area contributed by atoms with Gasteiger partial charge in [-0.2, -0.15) is 5.10 Å². The van der Waals surface area contributed by atoms with Crippen LogP contribution in [0, 0.1) is 6.92 Å². The number of thiophene rings is 1. The topological polar surface area (TPSA) is 29.9 Å². The van der Waals surface area contributed by atoms with E-state index in [0.29, 0.717) is 0 Å². The fourth-order valence-corrected chi connectivity index (χ4v) is 3.43. The molecule has 0 bridgehead atoms. The van der Waals surface area contributed by atoms with Crippen molar-refractivity contribution < 1.29 is 0 Å². The fourth-order valence-electron chi connectivity index (χ4n) is 2.00. The van der Waals surface area contributed by atoms with E-state index >= 15 is 0 Å². The maximum absolute atomic E-state index is 4.39. The molecule has 0 radical (unpaired) electrons. The van der Waals surface area contributed by atoms with Crippen LogP contribution in [0.15, 0.2) is 15.9 Å². The third kappa shape index (κ3) is 2.84. The Balaban J connectivity index is 1.96. The molecular weight excluding hydrogens is 310 g/mol. The molecule has 98 valence electrons. The highest BCUT2D eigenvalue weighted by Gasteiger charge is 2.10. The van der Waals surface area contributed by atoms with Gasteiger partial charge in [-0.25, -0.2) is 0 Å². The highest BCUT2D eigenvalue weighted by molar-refractivity contribution is 9.10. The van der Waals surface area contributed by atoms with Crippen LogP contribution in [0.4, 0.5) is 0 Å². The average molecular weight is 328 g/mol. The van der Waals surface area contributed by atoms with E-state index in [4.69, 9.17) is 0 Å². The third-order valence-corrected chi connectivity index (χ3v) is 5.05. The van der Waals surface area contributed by atoms with Crippen molar-refractivity contribution in [1.29, 1.82) is 0 Å². The van der Waals surface area contributed by atoms with Gasteiger partial charge in [-0.3, -0.25) is 4.68 Å². The van der Waals surface area contributed by atoms with Gasteiger partial charge in [0.05, 0.1) is 15.9 Å². The van der Waals surface area contributed by atoms with Crippen molar-refractivity contribution in [2.75, 3.05) is 0 Å². The van der Waals surface area contributed by atoms with Crippen molar-refractivity contribution in [3.63, 3.8) is 0 Å². The smallest absolute Gasteiger partial charge is 0.0739 e. The quantitative estimate of drug-likeness (QED) is 0.912. The molecule has 0 fully saturated rings. The van der Waals surface area contributed by atoms with E-state index in [1.54, 1.807) is 0 Å². The van der Waals surface area contributed by atoms with Crippen molar-refractivity contribution in [3.8, 4) is 0 Å². The largest absolute Gasteiger partial charge is 0.306 e. The Kier molecular flexibility index (Phi) is 4.59. The summed E-state index contributed by atoms with van der Waals surface area (Å²) in [4.78, 5) is 1.44. The molecule has 18 heavy (non-hydrogen) atoms. The van der Waals surface area contributed by atoms with Crippen LogP contribution in [-0.4, -0.2) is 9.78 Å². The molecule has 2 aromatic rings. The molecule has 0 aliphatic rings. The first kappa shape index (κ1) is 13.8. The van der Waals surface area contributed by atoms with Crippen molar-refractivity contribution >= 4 is 27.3 Å². The minimum Gasteiger partial charge on any atom is -0.306 e. The van der Waals surface area contributed by atoms with Crippen LogP contribution < -0.4 is 5.32 Å². The molecule has 2 rings (SSSR count). The van der Waals surface area contributed by atoms with E-state index in [9.17, 15) is 0 Å². The summed E-state index contributed by atoms with van der Waals surface area (Å²) in [5.74, 6) is 0. The van der Waals surface area contributed by atoms with E-state index in [1.165, 1.54) is 16.1 Å². The summed E-state index contributed by atoms with van der Waals surface area (Å²) in [7, 11) is 1.98. The van der Waals surface area contributed by atoms with Crippen molar-refractivity contribution in [1.82, 2.24) is 15.1 Å². The van der Waals surface area contributed by atoms with Gasteiger partial charge in [0.1, 0.15) is 0 Å². The lowest BCUT2D eigenvalue weighted by molar-refractivity contribution is 0.625. The Morgan fingerprint density at radius 3 is 2.83 bits per heavy atom. The Labute approximate surface area is 120 Å². The highest BCUT2D eigenvalue weighted by Crippen LogP contribution is 2.21. The van der Waals surface area contributed by atoms with Crippen LogP contribution in [-0.2, 0) is 26.6 Å². The molecule has 0 aliphatic heterocycles. The average Bonchev–Trinajstić information content (AvgIpc) is 2.89. The number of aryl methyl sites for hydroxylation is 3. The number of nitrogens with one attached hydrogen (secondary N) is 1. The summed E-state index contributed by atoms with van der Waals surface area (Å²) >= 11 is 5.41. The van der Waals surface area contributed by atoms with E-state index in [1.807, 2.05) is 30.0 Å². The molecule has 0 atom stereocenters. The molecule has 3 nitrogen and oxygen atoms in total. The van der Waals surface area contributed by atoms with Gasteiger partial charge in [0.15, 0.2) is 0 Å². The van der Waals surface area contributed by atoms with Crippen molar-refractivity contribution in [3.05, 3.63) is 37.7 Å². The zero-order valence-electron chi connectivity index (χ0n) is 11.0. The Hall–Kier alpha value is -0.650. The molecule has 0 aromatic carbocycles. The Morgan fingerprint density at radius 2 is 2.22 bits per heavy atom. The number of hydrogen-bond donors (Lipinski definition) is 1. The second-order valence-corrected chi connectivity index (χ2v) is 6.09. The third-order valence-electron chi connectivity index (χ3n) is 3.06. The maximum Gasteiger partial charge on any atom is 0.0739 e. The molecule has 0 amide bonds. The summed E-state index contributed by atoms with van der Waals surface area (Å²) in [5, 5.41) is 10.1. The van der Waals surface area contributed by atoms with Crippen molar-refractivity contribution in [2.45, 2.75) is 33.4 Å². The zero-order valence-corrected chi connectivity index (χ0v) is 13.4. The predicted octanol–water partition coefficient (Wildman–Crippen LogP) is 3.40. The van der Waals surface area contributed by atoms with Crippen LogP contribution in [0.3, 0.4) is 0 Å². The van der Waals surface area contributed by atoms with Gasteiger partial charge in [0.2, 0.25) is 0 Å². The maximum atomic E-state index is 4.39. The van der Waals surface area contributed by atoms with Gasteiger partial charge in [-0.05, 0) is 46.3 Å². The number of rotatable bonds is 5. The number of nitrogens with zero attached hydrogens (tertiary/aromatic N) is 2. The molecule has 0 unspecified atom stereocenters. The predicted molar refractivity (Wildman–Crippen MR) is 79.9 cm³/mol. The highest BCUT2D eigenvalue weighted by atomic mass is 79.9. The van der Waals surface area contributed by atoms with Crippen LogP contribution in [0.1, 0.15) is 28.8 Å². The van der Waals surface area contributed by atoms with Gasteiger partial charge >= 0.3 is 0 Å². The summed E-state index contributed by atoms with van der Waals surface area (Å²) in [6.07, 6.45) is 1.11. The normalized spacial score (nSPS) is 11.1. The summed E-state index contributed by atoms with van der Waals surface area (Å²) in [6.45, 7) is 5.98. The minimum atomic E-state index is 0.832. The molecule has 2 heterocycles. The SMILES string of the molecule is CCc1ccsc1CNCc1c(Br)c(C)nn1C. The van der Waals surface area contributed by atoms with E-state index in [2.05, 4.69) is 44.7 Å². The lowest BCUT2D eigenvalue weighted by Gasteiger charge is -2.06. The Bertz CT molecular complexity index is 530. The lowest BCUT2D eigenvalue weighted by Crippen LogP contribution is -2.15. The molecule has 0 saturated carbocycles. The molecular formula is C13H18BrN3S. The van der Waals surface area contributed by atoms with Gasteiger partial charge in [-0.1, -0.05) is 6.92 Å². The van der Waals surface area contributed by atoms with Crippen LogP contribution in [0.5, 0.6) is 0 Å². The first-order chi connectivity index (χ1) is 8.63. The molecule has 0 aliphatic carbocycles. The monoisotopic (exact) mass is 327 g/mol. The van der Waals surface area contributed by atoms with Gasteiger partial charge < -0.3 is 5.32 Å². The summed E-state index contributed by atoms with van der Waals surface area (Å²) in [5.41, 5.74) is 3.69. The standard InChI is InChI=1S/C13H18BrN3S/c1-4-10-5-6-18-12(10)8-15-7-11-13(14)9(2)16-17(11)3/h5-6,15H,4,7-8H2,1-3H3. The molecule has 1 N–H and O–H groups in total. The van der Waals surface area contributed by atoms with E-state index in [0.717, 1.165) is 29.7 Å². The second kappa shape index (κ2) is 5.99. The molecule has 5 heteroatoms. The van der Waals surface area contributed by atoms with Gasteiger partial charge in [0, 0.05) is 25.0 Å². The first-order valence-corrected chi connectivity index (χ1v) is 7.74. The fraction of sp³-hybridized carbons (Fsp3) is 0.462. The number of halogens is 1. The summed E-state index contributed by atoms with van der Waals surface area (Å²) in [6, 6.07) is 2.21. The van der Waals surface area contributed by atoms with Gasteiger partial charge in [-0.15, -0.1) is 11.3 Å². The number of hydrogen-bond acceptors (Lipinski definition) is 3. The van der Waals surface area contributed by atoms with Crippen LogP contribution in [0.2, 0.25) is 0 Å². The van der Waals surface area contributed by atoms with Crippen LogP contribution in [0.25, 0.3) is 0 Å². The van der Waals surface area contributed by atoms with Crippen molar-refractivity contribution in [2.24, 2.45) is 7.05 Å². The molecule has 2 aromatic heterocycles.